The van der Waals surface area contributed by atoms with Gasteiger partial charge in [0.15, 0.2) is 6.61 Å². The van der Waals surface area contributed by atoms with E-state index in [0.717, 1.165) is 0 Å². The number of rotatable bonds is 7. The molecule has 1 amide bonds. The minimum Gasteiger partial charge on any atom is -0.482 e. The number of aromatic nitrogens is 2. The Morgan fingerprint density at radius 3 is 2.60 bits per heavy atom. The van der Waals surface area contributed by atoms with Crippen molar-refractivity contribution in [2.24, 2.45) is 0 Å². The average molecular weight is 339 g/mol. The first-order valence-corrected chi connectivity index (χ1v) is 7.23. The molecule has 8 heteroatoms. The van der Waals surface area contributed by atoms with Crippen LogP contribution in [0, 0.1) is 0 Å². The molecular formula is C17H13N3O5. The van der Waals surface area contributed by atoms with Crippen molar-refractivity contribution in [3.8, 4) is 17.4 Å². The Kier molecular flexibility index (Phi) is 4.70. The summed E-state index contributed by atoms with van der Waals surface area (Å²) >= 11 is 0. The summed E-state index contributed by atoms with van der Waals surface area (Å²) in [6.07, 6.45) is 2.08. The van der Waals surface area contributed by atoms with Gasteiger partial charge in [-0.2, -0.15) is 0 Å². The third-order valence-electron chi connectivity index (χ3n) is 3.15. The van der Waals surface area contributed by atoms with Gasteiger partial charge in [0.1, 0.15) is 11.5 Å². The Bertz CT molecular complexity index is 912. The van der Waals surface area contributed by atoms with Crippen molar-refractivity contribution < 1.29 is 24.2 Å². The van der Waals surface area contributed by atoms with Crippen molar-refractivity contribution in [1.82, 2.24) is 9.97 Å². The monoisotopic (exact) mass is 339 g/mol. The Hall–Kier alpha value is -3.68. The molecule has 0 bridgehead atoms. The van der Waals surface area contributed by atoms with Crippen LogP contribution in [0.4, 0.5) is 5.69 Å². The average Bonchev–Trinajstić information content (AvgIpc) is 2.61. The molecule has 25 heavy (non-hydrogen) atoms. The van der Waals surface area contributed by atoms with Crippen LogP contribution < -0.4 is 14.8 Å². The molecule has 0 aliphatic rings. The fourth-order valence-electron chi connectivity index (χ4n) is 2.07. The summed E-state index contributed by atoms with van der Waals surface area (Å²) in [6.45, 7) is -0.409. The smallest absolute Gasteiger partial charge is 0.341 e. The van der Waals surface area contributed by atoms with Crippen molar-refractivity contribution in [2.45, 2.75) is 0 Å². The normalized spacial score (nSPS) is 10.2. The lowest BCUT2D eigenvalue weighted by Gasteiger charge is -2.07. The number of amides is 1. The summed E-state index contributed by atoms with van der Waals surface area (Å²) in [5, 5.41) is 11.1. The molecule has 0 spiro atoms. The third kappa shape index (κ3) is 4.20. The first-order valence-electron chi connectivity index (χ1n) is 7.23. The van der Waals surface area contributed by atoms with Gasteiger partial charge in [0.25, 0.3) is 0 Å². The molecular weight excluding hydrogens is 326 g/mol. The predicted octanol–water partition coefficient (Wildman–Crippen LogP) is 2.45. The molecule has 2 N–H and O–H groups in total. The highest BCUT2D eigenvalue weighted by Crippen LogP contribution is 2.24. The number of carboxylic acid groups (broad SMARTS) is 1. The molecule has 0 saturated heterocycles. The number of carbonyl (C=O) groups excluding carboxylic acids is 1. The topological polar surface area (TPSA) is 111 Å². The lowest BCUT2D eigenvalue weighted by Crippen LogP contribution is -2.09. The number of hydrogen-bond acceptors (Lipinski definition) is 6. The maximum atomic E-state index is 10.5. The highest BCUT2D eigenvalue weighted by molar-refractivity contribution is 5.82. The van der Waals surface area contributed by atoms with Crippen LogP contribution in [0.1, 0.15) is 0 Å². The number of benzene rings is 2. The van der Waals surface area contributed by atoms with Crippen LogP contribution in [0.2, 0.25) is 0 Å². The molecule has 0 fully saturated rings. The lowest BCUT2D eigenvalue weighted by molar-refractivity contribution is -0.139. The zero-order valence-corrected chi connectivity index (χ0v) is 12.9. The van der Waals surface area contributed by atoms with Crippen LogP contribution in [0.15, 0.2) is 48.7 Å². The van der Waals surface area contributed by atoms with E-state index in [9.17, 15) is 9.59 Å². The number of carbonyl (C=O) groups is 2. The number of anilines is 1. The molecule has 3 rings (SSSR count). The first kappa shape index (κ1) is 16.2. The summed E-state index contributed by atoms with van der Waals surface area (Å²) in [7, 11) is 0. The Balaban J connectivity index is 1.75. The maximum absolute atomic E-state index is 10.5. The SMILES string of the molecule is O=CNc1ccc2ncc(Oc3ccc(OCC(=O)O)cc3)nc2c1. The van der Waals surface area contributed by atoms with Crippen LogP contribution in [0.25, 0.3) is 11.0 Å². The standard InChI is InChI=1S/C17H13N3O5/c21-10-19-11-1-6-14-15(7-11)20-16(8-18-14)25-13-4-2-12(3-5-13)24-9-17(22)23/h1-8,10H,9H2,(H,19,21)(H,22,23). The molecule has 1 heterocycles. The highest BCUT2D eigenvalue weighted by Gasteiger charge is 2.05. The summed E-state index contributed by atoms with van der Waals surface area (Å²) in [6, 6.07) is 11.6. The van der Waals surface area contributed by atoms with E-state index >= 15 is 0 Å². The molecule has 0 atom stereocenters. The fraction of sp³-hybridized carbons (Fsp3) is 0.0588. The van der Waals surface area contributed by atoms with E-state index in [-0.39, 0.29) is 5.88 Å². The van der Waals surface area contributed by atoms with Gasteiger partial charge in [-0.15, -0.1) is 0 Å². The second kappa shape index (κ2) is 7.26. The van der Waals surface area contributed by atoms with Crippen molar-refractivity contribution >= 4 is 29.1 Å². The summed E-state index contributed by atoms with van der Waals surface area (Å²) in [5.74, 6) is 0.160. The molecule has 1 aromatic heterocycles. The van der Waals surface area contributed by atoms with Gasteiger partial charge in [-0.3, -0.25) is 4.79 Å². The third-order valence-corrected chi connectivity index (χ3v) is 3.15. The number of carboxylic acids is 1. The van der Waals surface area contributed by atoms with Crippen molar-refractivity contribution in [1.29, 1.82) is 0 Å². The molecule has 8 nitrogen and oxygen atoms in total. The second-order valence-corrected chi connectivity index (χ2v) is 4.93. The van der Waals surface area contributed by atoms with Crippen LogP contribution >= 0.6 is 0 Å². The second-order valence-electron chi connectivity index (χ2n) is 4.93. The number of ether oxygens (including phenoxy) is 2. The molecule has 126 valence electrons. The summed E-state index contributed by atoms with van der Waals surface area (Å²) < 4.78 is 10.7. The van der Waals surface area contributed by atoms with E-state index < -0.39 is 12.6 Å². The highest BCUT2D eigenvalue weighted by atomic mass is 16.5. The zero-order valence-electron chi connectivity index (χ0n) is 12.9. The van der Waals surface area contributed by atoms with E-state index in [1.54, 1.807) is 42.5 Å². The molecule has 0 radical (unpaired) electrons. The Morgan fingerprint density at radius 1 is 1.12 bits per heavy atom. The van der Waals surface area contributed by atoms with Crippen molar-refractivity contribution in [3.63, 3.8) is 0 Å². The molecule has 0 aliphatic carbocycles. The van der Waals surface area contributed by atoms with Crippen LogP contribution in [-0.4, -0.2) is 34.1 Å². The van der Waals surface area contributed by atoms with E-state index in [1.165, 1.54) is 6.20 Å². The molecule has 2 aromatic carbocycles. The molecule has 0 saturated carbocycles. The predicted molar refractivity (Wildman–Crippen MR) is 88.9 cm³/mol. The zero-order chi connectivity index (χ0) is 17.6. The van der Waals surface area contributed by atoms with Gasteiger partial charge in [-0.05, 0) is 42.5 Å². The lowest BCUT2D eigenvalue weighted by atomic mass is 10.2. The summed E-state index contributed by atoms with van der Waals surface area (Å²) in [5.41, 5.74) is 1.85. The minimum atomic E-state index is -1.05. The number of hydrogen-bond donors (Lipinski definition) is 2. The van der Waals surface area contributed by atoms with Crippen molar-refractivity contribution in [3.05, 3.63) is 48.7 Å². The summed E-state index contributed by atoms with van der Waals surface area (Å²) in [4.78, 5) is 29.6. The van der Waals surface area contributed by atoms with E-state index in [2.05, 4.69) is 15.3 Å². The fourth-order valence-corrected chi connectivity index (χ4v) is 2.07. The minimum absolute atomic E-state index is 0.287. The van der Waals surface area contributed by atoms with Gasteiger partial charge in [-0.25, -0.2) is 14.8 Å². The van der Waals surface area contributed by atoms with Gasteiger partial charge < -0.3 is 19.9 Å². The quantitative estimate of drug-likeness (QED) is 0.636. The number of nitrogens with one attached hydrogen (secondary N) is 1. The molecule has 0 unspecified atom stereocenters. The van der Waals surface area contributed by atoms with Crippen LogP contribution in [0.3, 0.4) is 0 Å². The van der Waals surface area contributed by atoms with E-state index in [4.69, 9.17) is 14.6 Å². The number of aliphatic carboxylic acids is 1. The van der Waals surface area contributed by atoms with Gasteiger partial charge in [0.2, 0.25) is 12.3 Å². The Labute approximate surface area is 142 Å². The van der Waals surface area contributed by atoms with E-state index in [1.807, 2.05) is 0 Å². The van der Waals surface area contributed by atoms with E-state index in [0.29, 0.717) is 34.6 Å². The van der Waals surface area contributed by atoms with Gasteiger partial charge in [0.05, 0.1) is 17.2 Å². The first-order chi connectivity index (χ1) is 12.1. The largest absolute Gasteiger partial charge is 0.482 e. The van der Waals surface area contributed by atoms with Gasteiger partial charge >= 0.3 is 5.97 Å². The van der Waals surface area contributed by atoms with Crippen LogP contribution in [-0.2, 0) is 9.59 Å². The van der Waals surface area contributed by atoms with Gasteiger partial charge in [-0.1, -0.05) is 0 Å². The Morgan fingerprint density at radius 2 is 1.88 bits per heavy atom. The number of fused-ring (bicyclic) bond motifs is 1. The van der Waals surface area contributed by atoms with Gasteiger partial charge in [0, 0.05) is 5.69 Å². The van der Waals surface area contributed by atoms with Crippen molar-refractivity contribution in [2.75, 3.05) is 11.9 Å². The maximum Gasteiger partial charge on any atom is 0.341 e. The number of nitrogens with zero attached hydrogens (tertiary/aromatic N) is 2. The molecule has 0 aliphatic heterocycles. The molecule has 3 aromatic rings. The van der Waals surface area contributed by atoms with Crippen LogP contribution in [0.5, 0.6) is 17.4 Å².